The lowest BCUT2D eigenvalue weighted by Gasteiger charge is -2.01. The predicted molar refractivity (Wildman–Crippen MR) is 55.0 cm³/mol. The third-order valence-electron chi connectivity index (χ3n) is 2.12. The molecule has 2 nitrogen and oxygen atoms in total. The number of carbonyl (C=O) groups excluding carboxylic acids is 1. The Balaban J connectivity index is 2.51. The minimum atomic E-state index is -0.502. The van der Waals surface area contributed by atoms with E-state index in [1.165, 1.54) is 12.1 Å². The molecule has 2 rings (SSSR count). The summed E-state index contributed by atoms with van der Waals surface area (Å²) in [5.74, 6) is -0.502. The fourth-order valence-electron chi connectivity index (χ4n) is 1.35. The third kappa shape index (κ3) is 1.91. The van der Waals surface area contributed by atoms with E-state index in [0.717, 1.165) is 11.1 Å². The molecular weight excluding hydrogens is 193 g/mol. The molecule has 0 aliphatic rings. The average Bonchev–Trinajstić information content (AvgIpc) is 2.31. The number of aldehydes is 1. The summed E-state index contributed by atoms with van der Waals surface area (Å²) in [6.07, 6.45) is 3.84. The summed E-state index contributed by atoms with van der Waals surface area (Å²) in [5, 5.41) is 0. The maximum atomic E-state index is 13.0. The highest BCUT2D eigenvalue weighted by Crippen LogP contribution is 2.20. The molecule has 0 aliphatic carbocycles. The van der Waals surface area contributed by atoms with Crippen LogP contribution in [-0.4, -0.2) is 11.3 Å². The largest absolute Gasteiger partial charge is 0.298 e. The van der Waals surface area contributed by atoms with Crippen molar-refractivity contribution in [1.29, 1.82) is 0 Å². The van der Waals surface area contributed by atoms with Gasteiger partial charge in [0.1, 0.15) is 5.82 Å². The van der Waals surface area contributed by atoms with Gasteiger partial charge in [0.15, 0.2) is 6.29 Å². The van der Waals surface area contributed by atoms with Gasteiger partial charge in [-0.2, -0.15) is 0 Å². The monoisotopic (exact) mass is 201 g/mol. The molecule has 0 N–H and O–H groups in total. The summed E-state index contributed by atoms with van der Waals surface area (Å²) in [7, 11) is 0. The van der Waals surface area contributed by atoms with E-state index in [9.17, 15) is 9.18 Å². The van der Waals surface area contributed by atoms with Gasteiger partial charge in [-0.15, -0.1) is 0 Å². The van der Waals surface area contributed by atoms with Crippen LogP contribution in [0.2, 0.25) is 0 Å². The number of benzene rings is 1. The maximum absolute atomic E-state index is 13.0. The Morgan fingerprint density at radius 3 is 2.73 bits per heavy atom. The first-order valence-corrected chi connectivity index (χ1v) is 4.46. The Morgan fingerprint density at radius 1 is 1.20 bits per heavy atom. The van der Waals surface area contributed by atoms with Gasteiger partial charge in [0, 0.05) is 18.0 Å². The van der Waals surface area contributed by atoms with Crippen molar-refractivity contribution in [1.82, 2.24) is 4.98 Å². The Morgan fingerprint density at radius 2 is 2.07 bits per heavy atom. The highest BCUT2D eigenvalue weighted by molar-refractivity contribution is 5.79. The molecule has 74 valence electrons. The van der Waals surface area contributed by atoms with Crippen LogP contribution in [0, 0.1) is 5.82 Å². The van der Waals surface area contributed by atoms with Crippen LogP contribution >= 0.6 is 0 Å². The maximum Gasteiger partial charge on any atom is 0.153 e. The van der Waals surface area contributed by atoms with Crippen LogP contribution in [0.4, 0.5) is 4.39 Å². The number of carbonyl (C=O) groups is 1. The van der Waals surface area contributed by atoms with Crippen molar-refractivity contribution in [3.8, 4) is 11.1 Å². The molecule has 1 aromatic carbocycles. The lowest BCUT2D eigenvalue weighted by atomic mass is 10.1. The molecule has 0 aliphatic heterocycles. The Hall–Kier alpha value is -2.03. The molecule has 0 bridgehead atoms. The van der Waals surface area contributed by atoms with E-state index >= 15 is 0 Å². The van der Waals surface area contributed by atoms with Crippen molar-refractivity contribution >= 4 is 6.29 Å². The van der Waals surface area contributed by atoms with E-state index in [-0.39, 0.29) is 5.56 Å². The number of nitrogens with zero attached hydrogens (tertiary/aromatic N) is 1. The Labute approximate surface area is 86.4 Å². The molecule has 0 amide bonds. The fraction of sp³-hybridized carbons (Fsp3) is 0. The van der Waals surface area contributed by atoms with E-state index in [1.807, 2.05) is 6.07 Å². The smallest absolute Gasteiger partial charge is 0.153 e. The van der Waals surface area contributed by atoms with Crippen LogP contribution in [0.3, 0.4) is 0 Å². The average molecular weight is 201 g/mol. The molecule has 1 aromatic heterocycles. The van der Waals surface area contributed by atoms with Crippen LogP contribution in [0.15, 0.2) is 42.7 Å². The van der Waals surface area contributed by atoms with Gasteiger partial charge in [-0.25, -0.2) is 4.39 Å². The van der Waals surface area contributed by atoms with Gasteiger partial charge < -0.3 is 0 Å². The molecule has 0 radical (unpaired) electrons. The zero-order chi connectivity index (χ0) is 10.7. The van der Waals surface area contributed by atoms with Gasteiger partial charge in [-0.05, 0) is 23.8 Å². The second kappa shape index (κ2) is 4.00. The summed E-state index contributed by atoms with van der Waals surface area (Å²) >= 11 is 0. The number of aromatic nitrogens is 1. The van der Waals surface area contributed by atoms with Crippen LogP contribution in [0.25, 0.3) is 11.1 Å². The number of pyridine rings is 1. The Bertz CT molecular complexity index is 482. The summed E-state index contributed by atoms with van der Waals surface area (Å²) in [6.45, 7) is 0. The van der Waals surface area contributed by atoms with Gasteiger partial charge in [-0.3, -0.25) is 9.78 Å². The minimum absolute atomic E-state index is 0.0661. The quantitative estimate of drug-likeness (QED) is 0.699. The minimum Gasteiger partial charge on any atom is -0.298 e. The molecular formula is C12H8FNO. The molecule has 0 atom stereocenters. The topological polar surface area (TPSA) is 30.0 Å². The van der Waals surface area contributed by atoms with E-state index in [0.29, 0.717) is 6.29 Å². The van der Waals surface area contributed by atoms with Crippen LogP contribution < -0.4 is 0 Å². The summed E-state index contributed by atoms with van der Waals surface area (Å²) in [4.78, 5) is 14.5. The number of hydrogen-bond donors (Lipinski definition) is 0. The second-order valence-electron chi connectivity index (χ2n) is 3.10. The molecule has 0 saturated heterocycles. The van der Waals surface area contributed by atoms with E-state index in [2.05, 4.69) is 4.98 Å². The fourth-order valence-corrected chi connectivity index (χ4v) is 1.35. The lowest BCUT2D eigenvalue weighted by molar-refractivity contribution is 0.112. The van der Waals surface area contributed by atoms with Gasteiger partial charge in [0.05, 0.1) is 5.56 Å². The molecule has 0 spiro atoms. The third-order valence-corrected chi connectivity index (χ3v) is 2.12. The SMILES string of the molecule is O=Cc1cc(-c2cccnc2)ccc1F. The van der Waals surface area contributed by atoms with Crippen molar-refractivity contribution in [3.05, 3.63) is 54.1 Å². The van der Waals surface area contributed by atoms with Crippen molar-refractivity contribution < 1.29 is 9.18 Å². The van der Waals surface area contributed by atoms with Crippen molar-refractivity contribution in [3.63, 3.8) is 0 Å². The van der Waals surface area contributed by atoms with Gasteiger partial charge in [-0.1, -0.05) is 12.1 Å². The number of halogens is 1. The van der Waals surface area contributed by atoms with Crippen molar-refractivity contribution in [2.24, 2.45) is 0 Å². The standard InChI is InChI=1S/C12H8FNO/c13-12-4-3-9(6-11(12)8-15)10-2-1-5-14-7-10/h1-8H. The first-order valence-electron chi connectivity index (χ1n) is 4.46. The molecule has 0 saturated carbocycles. The lowest BCUT2D eigenvalue weighted by Crippen LogP contribution is -1.88. The van der Waals surface area contributed by atoms with E-state index in [4.69, 9.17) is 0 Å². The highest BCUT2D eigenvalue weighted by atomic mass is 19.1. The van der Waals surface area contributed by atoms with Gasteiger partial charge >= 0.3 is 0 Å². The summed E-state index contributed by atoms with van der Waals surface area (Å²) in [6, 6.07) is 8.07. The number of rotatable bonds is 2. The predicted octanol–water partition coefficient (Wildman–Crippen LogP) is 2.70. The number of hydrogen-bond acceptors (Lipinski definition) is 2. The molecule has 2 aromatic rings. The van der Waals surface area contributed by atoms with Crippen LogP contribution in [0.1, 0.15) is 10.4 Å². The first kappa shape index (κ1) is 9.52. The Kier molecular flexibility index (Phi) is 2.54. The zero-order valence-electron chi connectivity index (χ0n) is 7.85. The highest BCUT2D eigenvalue weighted by Gasteiger charge is 2.03. The molecule has 3 heteroatoms. The zero-order valence-corrected chi connectivity index (χ0v) is 7.85. The van der Waals surface area contributed by atoms with Crippen LogP contribution in [0.5, 0.6) is 0 Å². The molecule has 15 heavy (non-hydrogen) atoms. The van der Waals surface area contributed by atoms with Crippen molar-refractivity contribution in [2.75, 3.05) is 0 Å². The second-order valence-corrected chi connectivity index (χ2v) is 3.10. The van der Waals surface area contributed by atoms with E-state index in [1.54, 1.807) is 24.5 Å². The summed E-state index contributed by atoms with van der Waals surface area (Å²) < 4.78 is 13.0. The molecule has 1 heterocycles. The van der Waals surface area contributed by atoms with Gasteiger partial charge in [0.25, 0.3) is 0 Å². The van der Waals surface area contributed by atoms with Gasteiger partial charge in [0.2, 0.25) is 0 Å². The summed E-state index contributed by atoms with van der Waals surface area (Å²) in [5.41, 5.74) is 1.71. The normalized spacial score (nSPS) is 9.93. The molecule has 0 fully saturated rings. The first-order chi connectivity index (χ1) is 7.31. The van der Waals surface area contributed by atoms with E-state index < -0.39 is 5.82 Å². The molecule has 0 unspecified atom stereocenters. The van der Waals surface area contributed by atoms with Crippen molar-refractivity contribution in [2.45, 2.75) is 0 Å². The van der Waals surface area contributed by atoms with Crippen LogP contribution in [-0.2, 0) is 0 Å².